The lowest BCUT2D eigenvalue weighted by Gasteiger charge is -2.33. The Labute approximate surface area is 378 Å². The van der Waals surface area contributed by atoms with Gasteiger partial charge in [0.1, 0.15) is 11.6 Å². The zero-order valence-corrected chi connectivity index (χ0v) is 37.3. The van der Waals surface area contributed by atoms with E-state index in [-0.39, 0.29) is 47.5 Å². The van der Waals surface area contributed by atoms with Crippen molar-refractivity contribution in [1.82, 2.24) is 19.9 Å². The molecule has 0 saturated carbocycles. The summed E-state index contributed by atoms with van der Waals surface area (Å²) >= 11 is 0. The van der Waals surface area contributed by atoms with Gasteiger partial charge >= 0.3 is 5.97 Å². The monoisotopic (exact) mass is 872 g/mol. The number of rotatable bonds is 15. The molecule has 2 aromatic heterocycles. The van der Waals surface area contributed by atoms with Gasteiger partial charge < -0.3 is 14.9 Å². The minimum atomic E-state index is -3.50. The minimum absolute atomic E-state index is 0.0689. The summed E-state index contributed by atoms with van der Waals surface area (Å²) < 4.78 is 35.7. The number of aliphatic carboxylic acids is 1. The average molecular weight is 873 g/mol. The number of carboxylic acid groups (broad SMARTS) is 1. The first-order valence-electron chi connectivity index (χ1n) is 22.3. The molecule has 1 N–H and O–H groups in total. The molecule has 3 heterocycles. The van der Waals surface area contributed by atoms with Gasteiger partial charge in [0, 0.05) is 65.3 Å². The third kappa shape index (κ3) is 9.51. The number of carbonyl (C=O) groups is 2. The summed E-state index contributed by atoms with van der Waals surface area (Å²) in [5.74, 6) is -3.79. The summed E-state index contributed by atoms with van der Waals surface area (Å²) in [4.78, 5) is 49.0. The fraction of sp³-hybridized carbons (Fsp3) is 0.296. The molecular formula is C54H54F2N6O3. The third-order valence-corrected chi connectivity index (χ3v) is 12.7. The van der Waals surface area contributed by atoms with E-state index in [1.807, 2.05) is 108 Å². The first-order chi connectivity index (χ1) is 31.3. The number of carboxylic acids is 1. The molecule has 4 aromatic carbocycles. The number of nitrogens with zero attached hydrogens (tertiary/aromatic N) is 6. The standard InChI is InChI=1S/C54H54F2N6O3/c1-5-40-47(58-52(59-49(40)39-23-13-8-14-24-39)62-34-43(36(2)63)44(35-62)38-21-11-7-12-22-38)33-53(3,4)54(55,56)45-27-17-15-25-41(45)50-57-46-28-18-16-26-42(46)51(60-50)61(32-30-48(64)65)31-29-37-19-9-6-10-20-37/h5,7-9,11-28,33,43-44H,6,10,29-32,34-35H2,1-4H3,(H,64,65)/b40-5+,47-33+. The zero-order chi connectivity index (χ0) is 45.7. The van der Waals surface area contributed by atoms with E-state index in [0.29, 0.717) is 65.0 Å². The topological polar surface area (TPSA) is 112 Å². The van der Waals surface area contributed by atoms with Crippen LogP contribution < -0.4 is 20.4 Å². The second-order valence-corrected chi connectivity index (χ2v) is 17.5. The molecule has 332 valence electrons. The SMILES string of the molecule is C/C=c1/c(-c2ccccc2)nc(N2CC(C(C)=O)C(c3ccccc3)C2)n/c1=C/C(C)(C)C(F)(F)c1ccccc1-c1nc(N(CCC(=O)O)CCC2=CCCC=C2)c2ccccc2n1. The van der Waals surface area contributed by atoms with E-state index in [0.717, 1.165) is 29.5 Å². The lowest BCUT2D eigenvalue weighted by atomic mass is 9.79. The Morgan fingerprint density at radius 1 is 0.846 bits per heavy atom. The van der Waals surface area contributed by atoms with E-state index in [4.69, 9.17) is 19.9 Å². The van der Waals surface area contributed by atoms with Gasteiger partial charge in [-0.1, -0.05) is 141 Å². The maximum absolute atomic E-state index is 17.8. The van der Waals surface area contributed by atoms with Crippen LogP contribution in [0.25, 0.3) is 45.7 Å². The van der Waals surface area contributed by atoms with Gasteiger partial charge in [0.15, 0.2) is 5.82 Å². The highest BCUT2D eigenvalue weighted by Crippen LogP contribution is 2.49. The summed E-state index contributed by atoms with van der Waals surface area (Å²) in [6, 6.07) is 33.3. The highest BCUT2D eigenvalue weighted by atomic mass is 19.3. The van der Waals surface area contributed by atoms with Gasteiger partial charge in [0.25, 0.3) is 5.92 Å². The van der Waals surface area contributed by atoms with E-state index in [9.17, 15) is 14.7 Å². The summed E-state index contributed by atoms with van der Waals surface area (Å²) in [5.41, 5.74) is 2.25. The Hall–Kier alpha value is -6.88. The number of fused-ring (bicyclic) bond motifs is 1. The molecule has 0 spiro atoms. The Balaban J connectivity index is 1.23. The first kappa shape index (κ1) is 44.7. The van der Waals surface area contributed by atoms with Crippen molar-refractivity contribution < 1.29 is 23.5 Å². The molecule has 1 saturated heterocycles. The van der Waals surface area contributed by atoms with Gasteiger partial charge in [-0.15, -0.1) is 0 Å². The van der Waals surface area contributed by atoms with Crippen molar-refractivity contribution in [2.45, 2.75) is 65.2 Å². The van der Waals surface area contributed by atoms with Crippen LogP contribution in [0.1, 0.15) is 70.4 Å². The summed E-state index contributed by atoms with van der Waals surface area (Å²) in [6.45, 7) is 8.02. The number of para-hydroxylation sites is 1. The van der Waals surface area contributed by atoms with E-state index >= 15 is 8.78 Å². The van der Waals surface area contributed by atoms with E-state index in [1.165, 1.54) is 19.9 Å². The van der Waals surface area contributed by atoms with Crippen molar-refractivity contribution in [1.29, 1.82) is 0 Å². The van der Waals surface area contributed by atoms with Gasteiger partial charge in [0.2, 0.25) is 5.95 Å². The Morgan fingerprint density at radius 2 is 1.55 bits per heavy atom. The molecule has 6 aromatic rings. The molecule has 0 bridgehead atoms. The number of allylic oxidation sites excluding steroid dienone is 3. The molecule has 2 unspecified atom stereocenters. The van der Waals surface area contributed by atoms with Gasteiger partial charge in [0.05, 0.1) is 28.4 Å². The fourth-order valence-corrected chi connectivity index (χ4v) is 9.07. The minimum Gasteiger partial charge on any atom is -0.481 e. The maximum atomic E-state index is 17.8. The predicted molar refractivity (Wildman–Crippen MR) is 255 cm³/mol. The van der Waals surface area contributed by atoms with Crippen LogP contribution in [0.4, 0.5) is 20.5 Å². The van der Waals surface area contributed by atoms with Crippen molar-refractivity contribution in [2.75, 3.05) is 36.0 Å². The highest BCUT2D eigenvalue weighted by Gasteiger charge is 2.48. The Bertz CT molecular complexity index is 2900. The van der Waals surface area contributed by atoms with Crippen LogP contribution in [0.15, 0.2) is 133 Å². The Kier molecular flexibility index (Phi) is 13.1. The van der Waals surface area contributed by atoms with Gasteiger partial charge in [-0.05, 0) is 56.9 Å². The van der Waals surface area contributed by atoms with Crippen molar-refractivity contribution in [3.63, 3.8) is 0 Å². The number of anilines is 2. The smallest absolute Gasteiger partial charge is 0.305 e. The molecule has 9 nitrogen and oxygen atoms in total. The van der Waals surface area contributed by atoms with Crippen molar-refractivity contribution in [3.05, 3.63) is 155 Å². The first-order valence-corrected chi connectivity index (χ1v) is 22.3. The van der Waals surface area contributed by atoms with Crippen LogP contribution in [-0.4, -0.2) is 63.0 Å². The fourth-order valence-electron chi connectivity index (χ4n) is 9.07. The van der Waals surface area contributed by atoms with E-state index in [2.05, 4.69) is 18.2 Å². The molecule has 11 heteroatoms. The largest absolute Gasteiger partial charge is 0.481 e. The molecule has 0 radical (unpaired) electrons. The van der Waals surface area contributed by atoms with Crippen LogP contribution in [-0.2, 0) is 15.5 Å². The highest BCUT2D eigenvalue weighted by molar-refractivity contribution is 5.91. The second kappa shape index (κ2) is 19.1. The lowest BCUT2D eigenvalue weighted by molar-refractivity contribution is -0.136. The number of alkyl halides is 2. The van der Waals surface area contributed by atoms with Crippen molar-refractivity contribution in [3.8, 4) is 22.6 Å². The number of hydrogen-bond acceptors (Lipinski definition) is 8. The van der Waals surface area contributed by atoms with Gasteiger partial charge in [-0.2, -0.15) is 0 Å². The second-order valence-electron chi connectivity index (χ2n) is 17.5. The van der Waals surface area contributed by atoms with Crippen LogP contribution >= 0.6 is 0 Å². The number of benzene rings is 4. The van der Waals surface area contributed by atoms with E-state index < -0.39 is 17.3 Å². The number of ketones is 1. The van der Waals surface area contributed by atoms with Crippen LogP contribution in [0.2, 0.25) is 0 Å². The summed E-state index contributed by atoms with van der Waals surface area (Å²) in [6.07, 6.45) is 12.3. The molecule has 0 amide bonds. The predicted octanol–water partition coefficient (Wildman–Crippen LogP) is 9.91. The number of Topliss-reactive ketones (excluding diaryl/α,β-unsaturated/α-hetero) is 1. The summed E-state index contributed by atoms with van der Waals surface area (Å²) in [5, 5.41) is 11.4. The summed E-state index contributed by atoms with van der Waals surface area (Å²) in [7, 11) is 0. The van der Waals surface area contributed by atoms with Crippen LogP contribution in [0, 0.1) is 11.3 Å². The zero-order valence-electron chi connectivity index (χ0n) is 37.3. The molecule has 8 rings (SSSR count). The molecule has 65 heavy (non-hydrogen) atoms. The molecule has 2 aliphatic rings. The van der Waals surface area contributed by atoms with Crippen molar-refractivity contribution in [2.24, 2.45) is 11.3 Å². The maximum Gasteiger partial charge on any atom is 0.305 e. The molecule has 1 fully saturated rings. The molecular weight excluding hydrogens is 819 g/mol. The Morgan fingerprint density at radius 3 is 2.26 bits per heavy atom. The lowest BCUT2D eigenvalue weighted by Crippen LogP contribution is -2.40. The quantitative estimate of drug-likeness (QED) is 0.108. The number of carbonyl (C=O) groups excluding carboxylic acids is 1. The molecule has 1 aliphatic heterocycles. The van der Waals surface area contributed by atoms with Gasteiger partial charge in [-0.25, -0.2) is 28.7 Å². The van der Waals surface area contributed by atoms with Crippen LogP contribution in [0.3, 0.4) is 0 Å². The van der Waals surface area contributed by atoms with Crippen molar-refractivity contribution >= 4 is 46.6 Å². The third-order valence-electron chi connectivity index (χ3n) is 12.7. The number of halogens is 2. The van der Waals surface area contributed by atoms with E-state index in [1.54, 1.807) is 31.2 Å². The van der Waals surface area contributed by atoms with Crippen LogP contribution in [0.5, 0.6) is 0 Å². The van der Waals surface area contributed by atoms with Gasteiger partial charge in [-0.3, -0.25) is 9.59 Å². The molecule has 1 aliphatic carbocycles. The normalized spacial score (nSPS) is 17.1. The molecule has 2 atom stereocenters. The number of hydrogen-bond donors (Lipinski definition) is 1. The average Bonchev–Trinajstić information content (AvgIpc) is 3.78. The number of aromatic nitrogens is 4.